The van der Waals surface area contributed by atoms with Crippen LogP contribution in [0.5, 0.6) is 0 Å². The number of piperidine rings is 1. The first-order valence-corrected chi connectivity index (χ1v) is 26.5. The summed E-state index contributed by atoms with van der Waals surface area (Å²) in [7, 11) is -2.93. The van der Waals surface area contributed by atoms with Gasteiger partial charge in [-0.2, -0.15) is 17.8 Å². The van der Waals surface area contributed by atoms with Crippen molar-refractivity contribution in [2.24, 2.45) is 0 Å². The summed E-state index contributed by atoms with van der Waals surface area (Å²) in [6.07, 6.45) is 9.67. The van der Waals surface area contributed by atoms with Crippen molar-refractivity contribution in [1.82, 2.24) is 28.6 Å². The minimum Gasteiger partial charge on any atom is -0.367 e. The summed E-state index contributed by atoms with van der Waals surface area (Å²) in [5.41, 5.74) is 5.01. The molecule has 1 saturated heterocycles. The number of anilines is 3. The molecule has 11 rings (SSSR count). The number of nitrogens with one attached hydrogen (secondary N) is 1. The third-order valence-corrected chi connectivity index (χ3v) is 16.3. The van der Waals surface area contributed by atoms with Crippen molar-refractivity contribution in [2.75, 3.05) is 47.7 Å². The highest BCUT2D eigenvalue weighted by Crippen LogP contribution is 2.45. The standard InChI is InChI=1S/C58H52F2N10O5S/c1-3-65(2)76(74,75)64-52-25-24-50(59)54(55(52)60)56(71)49-38-68(58(42-13-7-4-8-14-42,43-15-9-5-10-16-43)44-17-11-6-12-18-44)53-26-19-39(33-48(49)53)40-34-61-57(62-35-40)66-30-27-46(28-31-66)69-37-41-36-67(32-29-51(41)63-69)45-20-22-47(23-21-45)70(72)73/h4-26,33-35,37-38,46,64H,3,27-32,36H2,1-2H3. The molecular formula is C58H52F2N10O5S. The molecular weight excluding hydrogens is 987 g/mol. The maximum absolute atomic E-state index is 16.7. The Bertz CT molecular complexity index is 3630. The molecule has 0 atom stereocenters. The Morgan fingerprint density at radius 3 is 2.00 bits per heavy atom. The Morgan fingerprint density at radius 1 is 0.789 bits per heavy atom. The smallest absolute Gasteiger partial charge is 0.301 e. The lowest BCUT2D eigenvalue weighted by Crippen LogP contribution is -2.37. The van der Waals surface area contributed by atoms with E-state index in [1.165, 1.54) is 19.2 Å². The second-order valence-electron chi connectivity index (χ2n) is 19.1. The van der Waals surface area contributed by atoms with E-state index in [-0.39, 0.29) is 23.8 Å². The van der Waals surface area contributed by atoms with Gasteiger partial charge in [-0.05, 0) is 71.5 Å². The van der Waals surface area contributed by atoms with Crippen molar-refractivity contribution < 1.29 is 26.9 Å². The Labute approximate surface area is 438 Å². The number of non-ortho nitro benzene ring substituents is 1. The Hall–Kier alpha value is -8.61. The minimum absolute atomic E-state index is 0.0206. The van der Waals surface area contributed by atoms with Crippen LogP contribution in [0.4, 0.5) is 31.8 Å². The van der Waals surface area contributed by atoms with E-state index in [0.717, 1.165) is 75.9 Å². The van der Waals surface area contributed by atoms with Crippen molar-refractivity contribution in [3.05, 3.63) is 231 Å². The van der Waals surface area contributed by atoms with Gasteiger partial charge in [0.25, 0.3) is 5.69 Å². The minimum atomic E-state index is -4.25. The lowest BCUT2D eigenvalue weighted by molar-refractivity contribution is -0.384. The number of nitro benzene ring substituents is 1. The van der Waals surface area contributed by atoms with Crippen LogP contribution in [0, 0.1) is 21.7 Å². The molecule has 15 nitrogen and oxygen atoms in total. The van der Waals surface area contributed by atoms with Gasteiger partial charge in [0.05, 0.1) is 33.4 Å². The number of nitro groups is 1. The zero-order valence-corrected chi connectivity index (χ0v) is 42.4. The number of carbonyl (C=O) groups is 1. The van der Waals surface area contributed by atoms with E-state index >= 15 is 13.6 Å². The van der Waals surface area contributed by atoms with Crippen LogP contribution < -0.4 is 14.5 Å². The van der Waals surface area contributed by atoms with Crippen LogP contribution in [0.3, 0.4) is 0 Å². The summed E-state index contributed by atoms with van der Waals surface area (Å²) in [5.74, 6) is -2.93. The fraction of sp³-hybridized carbons (Fsp3) is 0.207. The van der Waals surface area contributed by atoms with Gasteiger partial charge in [-0.1, -0.05) is 104 Å². The van der Waals surface area contributed by atoms with E-state index in [2.05, 4.69) is 25.4 Å². The molecule has 6 aromatic carbocycles. The molecule has 3 aromatic heterocycles. The molecule has 2 aliphatic rings. The Morgan fingerprint density at radius 2 is 1.41 bits per heavy atom. The number of carbonyl (C=O) groups excluding carboxylic acids is 1. The SMILES string of the molecule is CCN(C)S(=O)(=O)Nc1ccc(F)c(C(=O)c2cn(C(c3ccccc3)(c3ccccc3)c3ccccc3)c3ccc(-c4cnc(N5CCC(n6cc7c(n6)CCN(c6ccc([N+](=O)[O-])cc6)C7)CC5)nc4)cc23)c1F. The van der Waals surface area contributed by atoms with Gasteiger partial charge < -0.3 is 14.4 Å². The number of halogens is 2. The van der Waals surface area contributed by atoms with E-state index in [0.29, 0.717) is 47.6 Å². The zero-order chi connectivity index (χ0) is 52.7. The predicted octanol–water partition coefficient (Wildman–Crippen LogP) is 10.6. The number of hydrogen-bond donors (Lipinski definition) is 1. The molecule has 5 heterocycles. The summed E-state index contributed by atoms with van der Waals surface area (Å²) in [6.45, 7) is 4.53. The second-order valence-corrected chi connectivity index (χ2v) is 20.9. The molecule has 0 unspecified atom stereocenters. The van der Waals surface area contributed by atoms with Gasteiger partial charge in [0.1, 0.15) is 11.4 Å². The van der Waals surface area contributed by atoms with Gasteiger partial charge in [0.2, 0.25) is 11.7 Å². The van der Waals surface area contributed by atoms with Crippen LogP contribution in [-0.4, -0.2) is 81.0 Å². The Kier molecular flexibility index (Phi) is 13.2. The molecule has 0 spiro atoms. The van der Waals surface area contributed by atoms with E-state index in [1.807, 2.05) is 114 Å². The quantitative estimate of drug-likeness (QED) is 0.0452. The number of aromatic nitrogens is 5. The van der Waals surface area contributed by atoms with Gasteiger partial charge in [-0.25, -0.2) is 18.7 Å². The number of fused-ring (bicyclic) bond motifs is 2. The van der Waals surface area contributed by atoms with Crippen molar-refractivity contribution >= 4 is 49.9 Å². The summed E-state index contributed by atoms with van der Waals surface area (Å²) in [5, 5.41) is 16.6. The maximum Gasteiger partial charge on any atom is 0.301 e. The first kappa shape index (κ1) is 49.6. The molecule has 2 aliphatic heterocycles. The molecule has 0 saturated carbocycles. The first-order chi connectivity index (χ1) is 36.8. The molecule has 0 radical (unpaired) electrons. The third kappa shape index (κ3) is 9.02. The van der Waals surface area contributed by atoms with Crippen LogP contribution in [0.15, 0.2) is 170 Å². The number of hydrogen-bond acceptors (Lipinski definition) is 10. The predicted molar refractivity (Wildman–Crippen MR) is 289 cm³/mol. The molecule has 76 heavy (non-hydrogen) atoms. The number of benzene rings is 6. The first-order valence-electron chi connectivity index (χ1n) is 25.1. The van der Waals surface area contributed by atoms with Crippen LogP contribution in [0.1, 0.15) is 69.7 Å². The molecule has 384 valence electrons. The average Bonchev–Trinajstić information content (AvgIpc) is 4.10. The highest BCUT2D eigenvalue weighted by Gasteiger charge is 2.41. The largest absolute Gasteiger partial charge is 0.367 e. The van der Waals surface area contributed by atoms with E-state index in [9.17, 15) is 18.5 Å². The Balaban J connectivity index is 0.931. The number of rotatable bonds is 15. The van der Waals surface area contributed by atoms with Crippen molar-refractivity contribution in [3.8, 4) is 11.1 Å². The van der Waals surface area contributed by atoms with E-state index in [4.69, 9.17) is 15.1 Å². The zero-order valence-electron chi connectivity index (χ0n) is 41.6. The lowest BCUT2D eigenvalue weighted by atomic mass is 9.76. The monoisotopic (exact) mass is 1040 g/mol. The molecule has 0 aliphatic carbocycles. The summed E-state index contributed by atoms with van der Waals surface area (Å²) in [6, 6.07) is 43.8. The maximum atomic E-state index is 16.7. The van der Waals surface area contributed by atoms with E-state index in [1.54, 1.807) is 37.6 Å². The third-order valence-electron chi connectivity index (χ3n) is 14.8. The number of nitrogens with zero attached hydrogens (tertiary/aromatic N) is 9. The van der Waals surface area contributed by atoms with Crippen LogP contribution in [0.25, 0.3) is 22.0 Å². The highest BCUT2D eigenvalue weighted by atomic mass is 32.2. The van der Waals surface area contributed by atoms with Crippen molar-refractivity contribution in [1.29, 1.82) is 0 Å². The normalized spacial score (nSPS) is 14.3. The van der Waals surface area contributed by atoms with E-state index < -0.39 is 49.3 Å². The second kappa shape index (κ2) is 20.3. The summed E-state index contributed by atoms with van der Waals surface area (Å²) >= 11 is 0. The molecule has 9 aromatic rings. The number of ketones is 1. The summed E-state index contributed by atoms with van der Waals surface area (Å²) in [4.78, 5) is 40.0. The average molecular weight is 1040 g/mol. The van der Waals surface area contributed by atoms with Crippen LogP contribution in [0.2, 0.25) is 0 Å². The fourth-order valence-corrected chi connectivity index (χ4v) is 11.6. The lowest BCUT2D eigenvalue weighted by Gasteiger charge is -2.38. The van der Waals surface area contributed by atoms with Crippen LogP contribution >= 0.6 is 0 Å². The van der Waals surface area contributed by atoms with Crippen molar-refractivity contribution in [2.45, 2.75) is 44.3 Å². The topological polar surface area (TPSA) is 165 Å². The summed E-state index contributed by atoms with van der Waals surface area (Å²) < 4.78 is 66.3. The molecule has 1 fully saturated rings. The molecule has 18 heteroatoms. The van der Waals surface area contributed by atoms with Crippen molar-refractivity contribution in [3.63, 3.8) is 0 Å². The van der Waals surface area contributed by atoms with Gasteiger partial charge in [0, 0.05) is 111 Å². The van der Waals surface area contributed by atoms with Gasteiger partial charge in [0.15, 0.2) is 5.82 Å². The molecule has 0 bridgehead atoms. The molecule has 1 N–H and O–H groups in total. The fourth-order valence-electron chi connectivity index (χ4n) is 10.7. The van der Waals surface area contributed by atoms with Gasteiger partial charge >= 0.3 is 10.2 Å². The van der Waals surface area contributed by atoms with Gasteiger partial charge in [-0.15, -0.1) is 0 Å². The highest BCUT2D eigenvalue weighted by molar-refractivity contribution is 7.90. The van der Waals surface area contributed by atoms with Gasteiger partial charge in [-0.3, -0.25) is 24.3 Å². The van der Waals surface area contributed by atoms with Crippen LogP contribution in [-0.2, 0) is 28.7 Å². The molecule has 0 amide bonds.